The zero-order valence-electron chi connectivity index (χ0n) is 11.8. The molecule has 0 aliphatic heterocycles. The predicted octanol–water partition coefficient (Wildman–Crippen LogP) is 1.74. The van der Waals surface area contributed by atoms with Crippen molar-refractivity contribution in [3.05, 3.63) is 0 Å². The summed E-state index contributed by atoms with van der Waals surface area (Å²) in [5.74, 6) is 0. The van der Waals surface area contributed by atoms with Crippen molar-refractivity contribution in [3.63, 3.8) is 0 Å². The van der Waals surface area contributed by atoms with Crippen LogP contribution in [0.15, 0.2) is 0 Å². The Balaban J connectivity index is 4.39. The van der Waals surface area contributed by atoms with E-state index in [1.165, 1.54) is 0 Å². The van der Waals surface area contributed by atoms with E-state index in [0.29, 0.717) is 0 Å². The number of hydrogen-bond acceptors (Lipinski definition) is 4. The first-order valence-corrected chi connectivity index (χ1v) is 9.38. The zero-order valence-corrected chi connectivity index (χ0v) is 12.8. The van der Waals surface area contributed by atoms with Crippen molar-refractivity contribution in [1.82, 2.24) is 0 Å². The van der Waals surface area contributed by atoms with Gasteiger partial charge in [-0.15, -0.1) is 0 Å². The van der Waals surface area contributed by atoms with Crippen LogP contribution in [0, 0.1) is 0 Å². The summed E-state index contributed by atoms with van der Waals surface area (Å²) in [6.45, 7) is 11.0. The highest BCUT2D eigenvalue weighted by molar-refractivity contribution is 6.79. The van der Waals surface area contributed by atoms with Crippen LogP contribution in [0.1, 0.15) is 27.7 Å². The van der Waals surface area contributed by atoms with Crippen LogP contribution in [0.25, 0.3) is 0 Å². The SMILES string of the molecule is CCOC[Si](COCC)(COCC)COCC. The van der Waals surface area contributed by atoms with E-state index in [2.05, 4.69) is 0 Å². The lowest BCUT2D eigenvalue weighted by molar-refractivity contribution is 0.116. The van der Waals surface area contributed by atoms with Gasteiger partial charge in [0.25, 0.3) is 0 Å². The van der Waals surface area contributed by atoms with Crippen LogP contribution < -0.4 is 0 Å². The number of hydrogen-bond donors (Lipinski definition) is 0. The first-order chi connectivity index (χ1) is 8.24. The van der Waals surface area contributed by atoms with Crippen LogP contribution in [0.3, 0.4) is 0 Å². The van der Waals surface area contributed by atoms with Gasteiger partial charge in [-0.3, -0.25) is 0 Å². The minimum atomic E-state index is -1.77. The molecule has 0 amide bonds. The zero-order chi connectivity index (χ0) is 13.0. The Morgan fingerprint density at radius 2 is 0.765 bits per heavy atom. The topological polar surface area (TPSA) is 36.9 Å². The molecule has 0 radical (unpaired) electrons. The van der Waals surface area contributed by atoms with Gasteiger partial charge in [-0.2, -0.15) is 0 Å². The minimum Gasteiger partial charge on any atom is -0.385 e. The summed E-state index contributed by atoms with van der Waals surface area (Å²) in [5, 5.41) is 0. The van der Waals surface area contributed by atoms with Gasteiger partial charge < -0.3 is 18.9 Å². The molecule has 0 unspecified atom stereocenters. The van der Waals surface area contributed by atoms with Crippen LogP contribution in [-0.4, -0.2) is 59.4 Å². The molecule has 0 fully saturated rings. The second-order valence-electron chi connectivity index (χ2n) is 4.05. The van der Waals surface area contributed by atoms with E-state index in [4.69, 9.17) is 18.9 Å². The fourth-order valence-electron chi connectivity index (χ4n) is 1.52. The quantitative estimate of drug-likeness (QED) is 0.503. The van der Waals surface area contributed by atoms with Crippen molar-refractivity contribution in [2.24, 2.45) is 0 Å². The molecule has 0 bridgehead atoms. The van der Waals surface area contributed by atoms with E-state index >= 15 is 0 Å². The highest BCUT2D eigenvalue weighted by Gasteiger charge is 2.35. The highest BCUT2D eigenvalue weighted by Crippen LogP contribution is 2.08. The lowest BCUT2D eigenvalue weighted by Gasteiger charge is -2.30. The van der Waals surface area contributed by atoms with Gasteiger partial charge in [-0.05, 0) is 27.7 Å². The molecule has 0 saturated carbocycles. The van der Waals surface area contributed by atoms with Gasteiger partial charge in [0.2, 0.25) is 0 Å². The molecule has 104 valence electrons. The summed E-state index contributed by atoms with van der Waals surface area (Å²) in [6.07, 6.45) is 3.01. The van der Waals surface area contributed by atoms with E-state index in [1.807, 2.05) is 27.7 Å². The van der Waals surface area contributed by atoms with E-state index in [-0.39, 0.29) is 0 Å². The molecule has 0 N–H and O–H groups in total. The third-order valence-electron chi connectivity index (χ3n) is 2.45. The summed E-state index contributed by atoms with van der Waals surface area (Å²) in [5.41, 5.74) is 0. The normalized spacial score (nSPS) is 12.0. The first kappa shape index (κ1) is 17.1. The summed E-state index contributed by atoms with van der Waals surface area (Å²) >= 11 is 0. The molecule has 0 heterocycles. The molecule has 0 spiro atoms. The average Bonchev–Trinajstić information content (AvgIpc) is 2.37. The van der Waals surface area contributed by atoms with Crippen LogP contribution in [0.4, 0.5) is 0 Å². The predicted molar refractivity (Wildman–Crippen MR) is 71.7 cm³/mol. The number of ether oxygens (including phenoxy) is 4. The van der Waals surface area contributed by atoms with Gasteiger partial charge in [0.1, 0.15) is 0 Å². The van der Waals surface area contributed by atoms with Crippen molar-refractivity contribution in [3.8, 4) is 0 Å². The van der Waals surface area contributed by atoms with Crippen molar-refractivity contribution in [2.45, 2.75) is 27.7 Å². The fraction of sp³-hybridized carbons (Fsp3) is 1.00. The van der Waals surface area contributed by atoms with Gasteiger partial charge in [-0.1, -0.05) is 0 Å². The molecule has 4 nitrogen and oxygen atoms in total. The third-order valence-corrected chi connectivity index (χ3v) is 5.72. The summed E-state index contributed by atoms with van der Waals surface area (Å²) in [4.78, 5) is 0. The van der Waals surface area contributed by atoms with Crippen LogP contribution >= 0.6 is 0 Å². The molecule has 0 saturated heterocycles. The monoisotopic (exact) mass is 264 g/mol. The lowest BCUT2D eigenvalue weighted by atomic mass is 10.9. The molecule has 17 heavy (non-hydrogen) atoms. The second kappa shape index (κ2) is 11.2. The maximum Gasteiger partial charge on any atom is 0.167 e. The maximum atomic E-state index is 5.61. The van der Waals surface area contributed by atoms with Crippen molar-refractivity contribution >= 4 is 8.07 Å². The smallest absolute Gasteiger partial charge is 0.167 e. The molecule has 0 aromatic rings. The largest absolute Gasteiger partial charge is 0.385 e. The Kier molecular flexibility index (Phi) is 11.2. The molecular weight excluding hydrogens is 236 g/mol. The first-order valence-electron chi connectivity index (χ1n) is 6.55. The molecule has 0 aliphatic rings. The average molecular weight is 264 g/mol. The second-order valence-corrected chi connectivity index (χ2v) is 8.20. The van der Waals surface area contributed by atoms with Crippen molar-refractivity contribution in [1.29, 1.82) is 0 Å². The maximum absolute atomic E-state index is 5.61. The summed E-state index contributed by atoms with van der Waals surface area (Å²) < 4.78 is 22.4. The summed E-state index contributed by atoms with van der Waals surface area (Å²) in [6, 6.07) is 0. The molecule has 0 aliphatic carbocycles. The lowest BCUT2D eigenvalue weighted by Crippen LogP contribution is -2.55. The minimum absolute atomic E-state index is 0.735. The Morgan fingerprint density at radius 3 is 0.941 bits per heavy atom. The van der Waals surface area contributed by atoms with E-state index in [0.717, 1.165) is 51.3 Å². The van der Waals surface area contributed by atoms with Gasteiger partial charge in [0, 0.05) is 51.3 Å². The standard InChI is InChI=1S/C12H28O4Si/c1-5-13-9-17(10-14-6-2,11-15-7-3)12-16-8-4/h5-12H2,1-4H3. The molecule has 0 aromatic heterocycles. The molecule has 0 aromatic carbocycles. The highest BCUT2D eigenvalue weighted by atomic mass is 28.3. The molecule has 5 heteroatoms. The van der Waals surface area contributed by atoms with Gasteiger partial charge in [0.15, 0.2) is 8.07 Å². The Bertz CT molecular complexity index is 129. The Hall–Kier alpha value is 0.0569. The van der Waals surface area contributed by atoms with E-state index in [1.54, 1.807) is 0 Å². The fourth-order valence-corrected chi connectivity index (χ4v) is 4.57. The van der Waals surface area contributed by atoms with E-state index < -0.39 is 8.07 Å². The Labute approximate surface area is 107 Å². The van der Waals surface area contributed by atoms with Crippen LogP contribution in [0.2, 0.25) is 0 Å². The van der Waals surface area contributed by atoms with Gasteiger partial charge in [-0.25, -0.2) is 0 Å². The van der Waals surface area contributed by atoms with Crippen LogP contribution in [0.5, 0.6) is 0 Å². The molecule has 0 rings (SSSR count). The van der Waals surface area contributed by atoms with Crippen LogP contribution in [-0.2, 0) is 18.9 Å². The van der Waals surface area contributed by atoms with Gasteiger partial charge in [0.05, 0.1) is 0 Å². The molecule has 0 atom stereocenters. The third kappa shape index (κ3) is 7.89. The Morgan fingerprint density at radius 1 is 0.529 bits per heavy atom. The van der Waals surface area contributed by atoms with Crippen molar-refractivity contribution in [2.75, 3.05) is 51.3 Å². The molecular formula is C12H28O4Si. The number of rotatable bonds is 12. The van der Waals surface area contributed by atoms with E-state index in [9.17, 15) is 0 Å². The summed E-state index contributed by atoms with van der Waals surface area (Å²) in [7, 11) is -1.77. The van der Waals surface area contributed by atoms with Gasteiger partial charge >= 0.3 is 0 Å². The van der Waals surface area contributed by atoms with Crippen molar-refractivity contribution < 1.29 is 18.9 Å².